The molecule has 0 atom stereocenters. The molecule has 134 valence electrons. The molecule has 3 aromatic rings. The number of amides is 1. The third-order valence-corrected chi connectivity index (χ3v) is 6.16. The Morgan fingerprint density at radius 3 is 2.50 bits per heavy atom. The van der Waals surface area contributed by atoms with Gasteiger partial charge in [0.25, 0.3) is 5.91 Å². The van der Waals surface area contributed by atoms with Crippen molar-refractivity contribution in [3.8, 4) is 0 Å². The fourth-order valence-corrected chi connectivity index (χ4v) is 4.46. The van der Waals surface area contributed by atoms with Crippen molar-refractivity contribution in [3.05, 3.63) is 51.5 Å². The van der Waals surface area contributed by atoms with Crippen LogP contribution >= 0.6 is 38.9 Å². The fraction of sp³-hybridized carbons (Fsp3) is 0.222. The zero-order chi connectivity index (χ0) is 18.3. The zero-order valence-corrected chi connectivity index (χ0v) is 16.9. The molecule has 4 rings (SSSR count). The second-order valence-corrected chi connectivity index (χ2v) is 8.47. The second-order valence-electron chi connectivity index (χ2n) is 6.08. The minimum absolute atomic E-state index is 0.0550. The molecule has 2 heterocycles. The molecule has 1 amide bonds. The van der Waals surface area contributed by atoms with Crippen molar-refractivity contribution >= 4 is 65.8 Å². The standard InChI is InChI=1S/C18H16BrClN4OS/c19-12-3-1-11(2-4-12)17(25)24-9-7-23(8-10-24)16-13(20)5-6-14-15(16)22-18(21)26-14/h1-6H,7-10H2,(H2,21,22). The largest absolute Gasteiger partial charge is 0.375 e. The van der Waals surface area contributed by atoms with E-state index in [0.717, 1.165) is 20.4 Å². The molecule has 0 unspecified atom stereocenters. The molecule has 1 fully saturated rings. The maximum Gasteiger partial charge on any atom is 0.253 e. The number of carbonyl (C=O) groups excluding carboxylic acids is 1. The van der Waals surface area contributed by atoms with E-state index in [1.54, 1.807) is 0 Å². The van der Waals surface area contributed by atoms with E-state index >= 15 is 0 Å². The molecule has 0 radical (unpaired) electrons. The Bertz CT molecular complexity index is 967. The SMILES string of the molecule is Nc1nc2c(N3CCN(C(=O)c4ccc(Br)cc4)CC3)c(Cl)ccc2s1. The van der Waals surface area contributed by atoms with Gasteiger partial charge in [-0.3, -0.25) is 4.79 Å². The summed E-state index contributed by atoms with van der Waals surface area (Å²) >= 11 is 11.3. The van der Waals surface area contributed by atoms with Crippen LogP contribution in [-0.2, 0) is 0 Å². The van der Waals surface area contributed by atoms with Crippen molar-refractivity contribution < 1.29 is 4.79 Å². The number of hydrogen-bond acceptors (Lipinski definition) is 5. The summed E-state index contributed by atoms with van der Waals surface area (Å²) in [6.45, 7) is 2.69. The van der Waals surface area contributed by atoms with Gasteiger partial charge in [-0.2, -0.15) is 0 Å². The number of carbonyl (C=O) groups is 1. The number of nitrogens with two attached hydrogens (primary N) is 1. The molecule has 2 N–H and O–H groups in total. The van der Waals surface area contributed by atoms with Crippen LogP contribution in [0.5, 0.6) is 0 Å². The fourth-order valence-electron chi connectivity index (χ4n) is 3.18. The molecule has 0 aliphatic carbocycles. The Morgan fingerprint density at radius 2 is 1.81 bits per heavy atom. The van der Waals surface area contributed by atoms with Crippen molar-refractivity contribution in [1.82, 2.24) is 9.88 Å². The van der Waals surface area contributed by atoms with Crippen LogP contribution in [0.15, 0.2) is 40.9 Å². The van der Waals surface area contributed by atoms with Gasteiger partial charge in [-0.15, -0.1) is 0 Å². The lowest BCUT2D eigenvalue weighted by atomic mass is 10.1. The van der Waals surface area contributed by atoms with E-state index in [-0.39, 0.29) is 5.91 Å². The molecule has 5 nitrogen and oxygen atoms in total. The van der Waals surface area contributed by atoms with Crippen LogP contribution in [-0.4, -0.2) is 42.0 Å². The average Bonchev–Trinajstić information content (AvgIpc) is 3.02. The predicted molar refractivity (Wildman–Crippen MR) is 111 cm³/mol. The van der Waals surface area contributed by atoms with Crippen LogP contribution in [0.25, 0.3) is 10.2 Å². The summed E-state index contributed by atoms with van der Waals surface area (Å²) in [5, 5.41) is 1.20. The Hall–Kier alpha value is -1.83. The lowest BCUT2D eigenvalue weighted by Crippen LogP contribution is -2.49. The number of benzene rings is 2. The molecule has 1 aliphatic rings. The molecule has 0 bridgehead atoms. The summed E-state index contributed by atoms with van der Waals surface area (Å²) in [5.41, 5.74) is 8.32. The summed E-state index contributed by atoms with van der Waals surface area (Å²) in [6.07, 6.45) is 0. The lowest BCUT2D eigenvalue weighted by Gasteiger charge is -2.36. The van der Waals surface area contributed by atoms with Gasteiger partial charge in [-0.25, -0.2) is 4.98 Å². The highest BCUT2D eigenvalue weighted by Crippen LogP contribution is 2.37. The van der Waals surface area contributed by atoms with Crippen LogP contribution < -0.4 is 10.6 Å². The van der Waals surface area contributed by atoms with E-state index < -0.39 is 0 Å². The second kappa shape index (κ2) is 7.06. The third kappa shape index (κ3) is 3.26. The maximum atomic E-state index is 12.7. The molecular weight excluding hydrogens is 436 g/mol. The number of thiazole rings is 1. The molecule has 0 saturated carbocycles. The van der Waals surface area contributed by atoms with E-state index in [1.807, 2.05) is 41.3 Å². The molecule has 1 saturated heterocycles. The van der Waals surface area contributed by atoms with Gasteiger partial charge in [0.15, 0.2) is 5.13 Å². The summed E-state index contributed by atoms with van der Waals surface area (Å²) in [6, 6.07) is 11.3. The molecule has 1 aromatic heterocycles. The summed E-state index contributed by atoms with van der Waals surface area (Å²) in [5.74, 6) is 0.0550. The predicted octanol–water partition coefficient (Wildman–Crippen LogP) is 4.26. The van der Waals surface area contributed by atoms with E-state index in [4.69, 9.17) is 17.3 Å². The molecule has 26 heavy (non-hydrogen) atoms. The van der Waals surface area contributed by atoms with Crippen molar-refractivity contribution in [3.63, 3.8) is 0 Å². The quantitative estimate of drug-likeness (QED) is 0.632. The van der Waals surface area contributed by atoms with Gasteiger partial charge < -0.3 is 15.5 Å². The monoisotopic (exact) mass is 450 g/mol. The molecular formula is C18H16BrClN4OS. The summed E-state index contributed by atoms with van der Waals surface area (Å²) < 4.78 is 1.99. The Kier molecular flexibility index (Phi) is 4.77. The van der Waals surface area contributed by atoms with Crippen molar-refractivity contribution in [2.24, 2.45) is 0 Å². The number of fused-ring (bicyclic) bond motifs is 1. The van der Waals surface area contributed by atoms with Crippen LogP contribution in [0.2, 0.25) is 5.02 Å². The van der Waals surface area contributed by atoms with Crippen molar-refractivity contribution in [1.29, 1.82) is 0 Å². The summed E-state index contributed by atoms with van der Waals surface area (Å²) in [4.78, 5) is 21.2. The number of aromatic nitrogens is 1. The number of halogens is 2. The minimum Gasteiger partial charge on any atom is -0.375 e. The molecule has 1 aliphatic heterocycles. The topological polar surface area (TPSA) is 62.5 Å². The van der Waals surface area contributed by atoms with E-state index in [0.29, 0.717) is 41.9 Å². The number of hydrogen-bond donors (Lipinski definition) is 1. The van der Waals surface area contributed by atoms with Gasteiger partial charge in [0.2, 0.25) is 0 Å². The van der Waals surface area contributed by atoms with Crippen molar-refractivity contribution in [2.75, 3.05) is 36.8 Å². The van der Waals surface area contributed by atoms with E-state index in [1.165, 1.54) is 11.3 Å². The average molecular weight is 452 g/mol. The number of rotatable bonds is 2. The first-order valence-corrected chi connectivity index (χ1v) is 10.2. The first kappa shape index (κ1) is 17.6. The zero-order valence-electron chi connectivity index (χ0n) is 13.8. The van der Waals surface area contributed by atoms with Gasteiger partial charge >= 0.3 is 0 Å². The van der Waals surface area contributed by atoms with Crippen LogP contribution in [0.4, 0.5) is 10.8 Å². The van der Waals surface area contributed by atoms with Crippen LogP contribution in [0.3, 0.4) is 0 Å². The first-order chi connectivity index (χ1) is 12.5. The first-order valence-electron chi connectivity index (χ1n) is 8.17. The highest BCUT2D eigenvalue weighted by atomic mass is 79.9. The van der Waals surface area contributed by atoms with Crippen molar-refractivity contribution in [2.45, 2.75) is 0 Å². The molecule has 0 spiro atoms. The van der Waals surface area contributed by atoms with Gasteiger partial charge in [0, 0.05) is 36.2 Å². The number of anilines is 2. The van der Waals surface area contributed by atoms with Gasteiger partial charge in [-0.05, 0) is 36.4 Å². The highest BCUT2D eigenvalue weighted by Gasteiger charge is 2.25. The Balaban J connectivity index is 1.53. The maximum absolute atomic E-state index is 12.7. The normalized spacial score (nSPS) is 14.8. The highest BCUT2D eigenvalue weighted by molar-refractivity contribution is 9.10. The van der Waals surface area contributed by atoms with Crippen LogP contribution in [0, 0.1) is 0 Å². The number of nitrogen functional groups attached to an aromatic ring is 1. The Morgan fingerprint density at radius 1 is 1.12 bits per heavy atom. The summed E-state index contributed by atoms with van der Waals surface area (Å²) in [7, 11) is 0. The molecule has 8 heteroatoms. The minimum atomic E-state index is 0.0550. The number of piperazine rings is 1. The smallest absolute Gasteiger partial charge is 0.253 e. The van der Waals surface area contributed by atoms with Crippen LogP contribution in [0.1, 0.15) is 10.4 Å². The van der Waals surface area contributed by atoms with Gasteiger partial charge in [-0.1, -0.05) is 38.9 Å². The van der Waals surface area contributed by atoms with E-state index in [9.17, 15) is 4.79 Å². The van der Waals surface area contributed by atoms with E-state index in [2.05, 4.69) is 25.8 Å². The molecule has 2 aromatic carbocycles. The Labute approximate surface area is 168 Å². The lowest BCUT2D eigenvalue weighted by molar-refractivity contribution is 0.0747. The number of nitrogens with zero attached hydrogens (tertiary/aromatic N) is 3. The third-order valence-electron chi connectivity index (χ3n) is 4.48. The van der Waals surface area contributed by atoms with Gasteiger partial charge in [0.1, 0.15) is 5.52 Å². The van der Waals surface area contributed by atoms with Gasteiger partial charge in [0.05, 0.1) is 15.4 Å².